The van der Waals surface area contributed by atoms with Crippen LogP contribution in [0, 0.1) is 0 Å². The highest BCUT2D eigenvalue weighted by Crippen LogP contribution is 2.51. The predicted molar refractivity (Wildman–Crippen MR) is 86.5 cm³/mol. The van der Waals surface area contributed by atoms with Gasteiger partial charge in [-0.25, -0.2) is 4.79 Å². The van der Waals surface area contributed by atoms with Crippen LogP contribution in [0.2, 0.25) is 0 Å². The van der Waals surface area contributed by atoms with E-state index in [4.69, 9.17) is 28.0 Å². The van der Waals surface area contributed by atoms with Crippen LogP contribution < -0.4 is 0 Å². The molecule has 0 saturated carbocycles. The largest absolute Gasteiger partial charge is 0.464 e. The molecule has 0 aromatic rings. The minimum absolute atomic E-state index is 0.211. The summed E-state index contributed by atoms with van der Waals surface area (Å²) in [6, 6.07) is 0. The van der Waals surface area contributed by atoms with Crippen molar-refractivity contribution in [3.8, 4) is 0 Å². The highest BCUT2D eigenvalue weighted by Gasteiger charge is 2.39. The summed E-state index contributed by atoms with van der Waals surface area (Å²) in [5.41, 5.74) is 0. The van der Waals surface area contributed by atoms with E-state index in [1.54, 1.807) is 20.8 Å². The second kappa shape index (κ2) is 10.5. The van der Waals surface area contributed by atoms with Crippen molar-refractivity contribution in [2.24, 2.45) is 0 Å². The average Bonchev–Trinajstić information content (AvgIpc) is 2.48. The Kier molecular flexibility index (Phi) is 9.41. The molecule has 1 rings (SSSR count). The van der Waals surface area contributed by atoms with Crippen molar-refractivity contribution >= 4 is 13.6 Å². The molecular formula is C15H29O8P. The normalized spacial score (nSPS) is 25.4. The van der Waals surface area contributed by atoms with Gasteiger partial charge < -0.3 is 18.9 Å². The molecule has 0 aromatic heterocycles. The van der Waals surface area contributed by atoms with Gasteiger partial charge in [-0.2, -0.15) is 0 Å². The number of esters is 1. The molecule has 0 amide bonds. The number of hydrogen-bond donors (Lipinski definition) is 0. The van der Waals surface area contributed by atoms with E-state index >= 15 is 0 Å². The Morgan fingerprint density at radius 2 is 1.88 bits per heavy atom. The molecule has 0 bridgehead atoms. The summed E-state index contributed by atoms with van der Waals surface area (Å²) >= 11 is 0. The Balaban J connectivity index is 2.63. The van der Waals surface area contributed by atoms with Gasteiger partial charge in [0.15, 0.2) is 18.7 Å². The van der Waals surface area contributed by atoms with Crippen LogP contribution in [0.3, 0.4) is 0 Å². The summed E-state index contributed by atoms with van der Waals surface area (Å²) in [5.74, 6) is -0.604. The minimum Gasteiger partial charge on any atom is -0.464 e. The highest BCUT2D eigenvalue weighted by molar-refractivity contribution is 7.53. The van der Waals surface area contributed by atoms with Crippen LogP contribution in [0.4, 0.5) is 0 Å². The first-order valence-electron chi connectivity index (χ1n) is 8.32. The maximum absolute atomic E-state index is 12.9. The van der Waals surface area contributed by atoms with E-state index in [1.165, 1.54) is 6.92 Å². The van der Waals surface area contributed by atoms with E-state index in [1.807, 2.05) is 6.92 Å². The van der Waals surface area contributed by atoms with E-state index in [0.717, 1.165) is 12.8 Å². The Morgan fingerprint density at radius 1 is 1.21 bits per heavy atom. The lowest BCUT2D eigenvalue weighted by Gasteiger charge is -2.38. The minimum atomic E-state index is -3.69. The van der Waals surface area contributed by atoms with Crippen molar-refractivity contribution in [2.45, 2.75) is 72.2 Å². The van der Waals surface area contributed by atoms with Crippen LogP contribution >= 0.6 is 7.60 Å². The Bertz CT molecular complexity index is 424. The molecule has 0 radical (unpaired) electrons. The van der Waals surface area contributed by atoms with Crippen molar-refractivity contribution < 1.29 is 37.4 Å². The lowest BCUT2D eigenvalue weighted by molar-refractivity contribution is -0.394. The van der Waals surface area contributed by atoms with Crippen molar-refractivity contribution in [1.82, 2.24) is 0 Å². The molecule has 1 heterocycles. The lowest BCUT2D eigenvalue weighted by Crippen LogP contribution is -2.46. The summed E-state index contributed by atoms with van der Waals surface area (Å²) in [6.45, 7) is 9.22. The molecule has 24 heavy (non-hydrogen) atoms. The number of carbonyl (C=O) groups is 1. The third-order valence-electron chi connectivity index (χ3n) is 3.19. The zero-order valence-corrected chi connectivity index (χ0v) is 16.0. The van der Waals surface area contributed by atoms with Gasteiger partial charge in [0.25, 0.3) is 0 Å². The van der Waals surface area contributed by atoms with Crippen LogP contribution in [0.1, 0.15) is 47.5 Å². The summed E-state index contributed by atoms with van der Waals surface area (Å²) in [5, 5.41) is 0. The topological polar surface area (TPSA) is 89.5 Å². The zero-order chi connectivity index (χ0) is 18.2. The standard InChI is InChI=1S/C15H29O8P/c1-6-8-9-18-10-24(17,22-11(3)14(16)19-7-2)23-12(4)15-20-13(5)21-15/h11-13,15H,6-10H2,1-5H3/t11-,12-,13?,15?,24?/m0/s1. The fourth-order valence-electron chi connectivity index (χ4n) is 1.96. The van der Waals surface area contributed by atoms with Crippen molar-refractivity contribution in [1.29, 1.82) is 0 Å². The second-order valence-electron chi connectivity index (χ2n) is 5.52. The maximum atomic E-state index is 12.9. The van der Waals surface area contributed by atoms with Crippen molar-refractivity contribution in [2.75, 3.05) is 19.6 Å². The quantitative estimate of drug-likeness (QED) is 0.295. The van der Waals surface area contributed by atoms with Gasteiger partial charge in [-0.05, 0) is 34.1 Å². The van der Waals surface area contributed by atoms with Crippen LogP contribution in [-0.2, 0) is 37.4 Å². The van der Waals surface area contributed by atoms with Crippen molar-refractivity contribution in [3.05, 3.63) is 0 Å². The molecule has 0 N–H and O–H groups in total. The number of carbonyl (C=O) groups excluding carboxylic acids is 1. The smallest absolute Gasteiger partial charge is 0.357 e. The van der Waals surface area contributed by atoms with Crippen LogP contribution in [0.15, 0.2) is 0 Å². The molecule has 1 saturated heterocycles. The molecule has 0 aromatic carbocycles. The van der Waals surface area contributed by atoms with Crippen LogP contribution in [0.5, 0.6) is 0 Å². The van der Waals surface area contributed by atoms with Gasteiger partial charge in [0.1, 0.15) is 12.5 Å². The van der Waals surface area contributed by atoms with Gasteiger partial charge in [0.2, 0.25) is 0 Å². The lowest BCUT2D eigenvalue weighted by atomic mass is 10.3. The third-order valence-corrected chi connectivity index (χ3v) is 4.98. The number of rotatable bonds is 12. The summed E-state index contributed by atoms with van der Waals surface area (Å²) in [4.78, 5) is 11.7. The summed E-state index contributed by atoms with van der Waals surface area (Å²) in [6.07, 6.45) is -1.07. The van der Waals surface area contributed by atoms with Gasteiger partial charge in [0, 0.05) is 6.61 Å². The van der Waals surface area contributed by atoms with Gasteiger partial charge in [-0.3, -0.25) is 13.6 Å². The predicted octanol–water partition coefficient (Wildman–Crippen LogP) is 3.05. The first-order chi connectivity index (χ1) is 11.3. The molecule has 9 heteroatoms. The highest BCUT2D eigenvalue weighted by atomic mass is 31.2. The molecule has 1 unspecified atom stereocenters. The molecule has 8 nitrogen and oxygen atoms in total. The monoisotopic (exact) mass is 368 g/mol. The van der Waals surface area contributed by atoms with E-state index in [2.05, 4.69) is 0 Å². The molecule has 0 spiro atoms. The number of unbranched alkanes of at least 4 members (excludes halogenated alkanes) is 1. The van der Waals surface area contributed by atoms with E-state index < -0.39 is 32.1 Å². The van der Waals surface area contributed by atoms with Gasteiger partial charge in [-0.1, -0.05) is 13.3 Å². The molecule has 1 fully saturated rings. The number of ether oxygens (including phenoxy) is 4. The molecule has 1 aliphatic rings. The molecule has 3 atom stereocenters. The van der Waals surface area contributed by atoms with E-state index in [0.29, 0.717) is 6.61 Å². The van der Waals surface area contributed by atoms with Gasteiger partial charge in [-0.15, -0.1) is 0 Å². The van der Waals surface area contributed by atoms with Crippen LogP contribution in [0.25, 0.3) is 0 Å². The van der Waals surface area contributed by atoms with E-state index in [-0.39, 0.29) is 19.2 Å². The molecule has 1 aliphatic heterocycles. The average molecular weight is 368 g/mol. The first kappa shape index (κ1) is 21.5. The Morgan fingerprint density at radius 3 is 2.42 bits per heavy atom. The zero-order valence-electron chi connectivity index (χ0n) is 15.1. The SMILES string of the molecule is CCCCOCP(=O)(O[C@@H](C)C(=O)OCC)O[C@@H](C)C1OC(C)O1. The Labute approximate surface area is 143 Å². The van der Waals surface area contributed by atoms with Crippen LogP contribution in [-0.4, -0.2) is 50.3 Å². The van der Waals surface area contributed by atoms with Gasteiger partial charge in [0.05, 0.1) is 6.61 Å². The first-order valence-corrected chi connectivity index (χ1v) is 10.0. The molecule has 0 aliphatic carbocycles. The third kappa shape index (κ3) is 7.17. The maximum Gasteiger partial charge on any atom is 0.357 e. The molecular weight excluding hydrogens is 339 g/mol. The number of hydrogen-bond acceptors (Lipinski definition) is 8. The summed E-state index contributed by atoms with van der Waals surface area (Å²) < 4.78 is 44.7. The fourth-order valence-corrected chi connectivity index (χ4v) is 3.66. The summed E-state index contributed by atoms with van der Waals surface area (Å²) in [7, 11) is -3.69. The molecule has 142 valence electrons. The van der Waals surface area contributed by atoms with Crippen molar-refractivity contribution in [3.63, 3.8) is 0 Å². The fraction of sp³-hybridized carbons (Fsp3) is 0.933. The van der Waals surface area contributed by atoms with E-state index in [9.17, 15) is 9.36 Å². The van der Waals surface area contributed by atoms with Gasteiger partial charge >= 0.3 is 13.6 Å². The Hall–Kier alpha value is -0.500. The second-order valence-corrected chi connectivity index (χ2v) is 7.42.